The molecule has 0 radical (unpaired) electrons. The summed E-state index contributed by atoms with van der Waals surface area (Å²) < 4.78 is 27.3. The van der Waals surface area contributed by atoms with E-state index >= 15 is 0 Å². The first kappa shape index (κ1) is 19.1. The summed E-state index contributed by atoms with van der Waals surface area (Å²) in [7, 11) is 0. The van der Waals surface area contributed by atoms with Gasteiger partial charge >= 0.3 is 0 Å². The van der Waals surface area contributed by atoms with Gasteiger partial charge in [0.25, 0.3) is 0 Å². The quantitative estimate of drug-likeness (QED) is 0.782. The van der Waals surface area contributed by atoms with Crippen LogP contribution in [0.5, 0.6) is 0 Å². The molecular weight excluding hydrogens is 358 g/mol. The van der Waals surface area contributed by atoms with Gasteiger partial charge in [0.1, 0.15) is 11.6 Å². The van der Waals surface area contributed by atoms with Crippen LogP contribution in [0.15, 0.2) is 42.5 Å². The number of amides is 1. The Bertz CT molecular complexity index is 865. The minimum absolute atomic E-state index is 0.0611. The lowest BCUT2D eigenvalue weighted by Crippen LogP contribution is -2.45. The molecule has 0 aromatic heterocycles. The van der Waals surface area contributed by atoms with Gasteiger partial charge in [0, 0.05) is 11.6 Å². The van der Waals surface area contributed by atoms with Gasteiger partial charge in [-0.25, -0.2) is 8.78 Å². The van der Waals surface area contributed by atoms with Crippen LogP contribution in [0.3, 0.4) is 0 Å². The van der Waals surface area contributed by atoms with Crippen LogP contribution < -0.4 is 10.6 Å². The van der Waals surface area contributed by atoms with Gasteiger partial charge in [-0.3, -0.25) is 4.79 Å². The van der Waals surface area contributed by atoms with Crippen LogP contribution >= 0.6 is 0 Å². The molecule has 3 nitrogen and oxygen atoms in total. The standard InChI is InChI=1S/C23H26F2N2O/c1-14(18-10-9-17(24)12-20(18)25)23(28)27-21-11-16-7-2-3-8-19(16)22(21)26-13-15-5-4-6-15/h2-3,7-10,12,14-15,21-22,26H,4-6,11,13H2,1H3,(H,27,28)/t14?,21-,22-/m0/s1. The van der Waals surface area contributed by atoms with Crippen LogP contribution in [0, 0.1) is 17.6 Å². The third kappa shape index (κ3) is 3.81. The molecule has 1 fully saturated rings. The Labute approximate surface area is 164 Å². The first-order chi connectivity index (χ1) is 13.5. The topological polar surface area (TPSA) is 41.1 Å². The Morgan fingerprint density at radius 2 is 1.96 bits per heavy atom. The second kappa shape index (κ2) is 8.00. The zero-order chi connectivity index (χ0) is 19.7. The van der Waals surface area contributed by atoms with E-state index in [9.17, 15) is 13.6 Å². The predicted molar refractivity (Wildman–Crippen MR) is 105 cm³/mol. The molecule has 2 N–H and O–H groups in total. The third-order valence-corrected chi connectivity index (χ3v) is 6.23. The molecule has 0 bridgehead atoms. The molecule has 1 saturated carbocycles. The summed E-state index contributed by atoms with van der Waals surface area (Å²) in [5.41, 5.74) is 2.68. The van der Waals surface area contributed by atoms with E-state index in [0.29, 0.717) is 0 Å². The Balaban J connectivity index is 1.47. The molecule has 2 aliphatic rings. The molecule has 0 aliphatic heterocycles. The van der Waals surface area contributed by atoms with E-state index < -0.39 is 17.6 Å². The Morgan fingerprint density at radius 3 is 2.68 bits per heavy atom. The third-order valence-electron chi connectivity index (χ3n) is 6.23. The van der Waals surface area contributed by atoms with Gasteiger partial charge in [-0.2, -0.15) is 0 Å². The smallest absolute Gasteiger partial charge is 0.227 e. The number of carbonyl (C=O) groups is 1. The number of hydrogen-bond acceptors (Lipinski definition) is 2. The molecule has 4 rings (SSSR count). The summed E-state index contributed by atoms with van der Waals surface area (Å²) in [6.07, 6.45) is 4.58. The maximum Gasteiger partial charge on any atom is 0.227 e. The number of nitrogens with one attached hydrogen (secondary N) is 2. The lowest BCUT2D eigenvalue weighted by molar-refractivity contribution is -0.123. The fourth-order valence-corrected chi connectivity index (χ4v) is 4.27. The Hall–Kier alpha value is -2.27. The van der Waals surface area contributed by atoms with Crippen molar-refractivity contribution in [1.82, 2.24) is 10.6 Å². The molecule has 2 aromatic carbocycles. The normalized spacial score (nSPS) is 22.4. The average molecular weight is 384 g/mol. The van der Waals surface area contributed by atoms with Crippen LogP contribution in [0.1, 0.15) is 54.8 Å². The molecule has 0 saturated heterocycles. The lowest BCUT2D eigenvalue weighted by Gasteiger charge is -2.30. The van der Waals surface area contributed by atoms with Gasteiger partial charge < -0.3 is 10.6 Å². The molecule has 148 valence electrons. The number of halogens is 2. The SMILES string of the molecule is CC(C(=O)N[C@H]1Cc2ccccc2[C@@H]1NCC1CCC1)c1ccc(F)cc1F. The molecule has 2 aliphatic carbocycles. The molecule has 3 atom stereocenters. The summed E-state index contributed by atoms with van der Waals surface area (Å²) in [6.45, 7) is 2.61. The maximum atomic E-state index is 14.1. The fourth-order valence-electron chi connectivity index (χ4n) is 4.27. The second-order valence-electron chi connectivity index (χ2n) is 8.09. The van der Waals surface area contributed by atoms with Crippen molar-refractivity contribution >= 4 is 5.91 Å². The highest BCUT2D eigenvalue weighted by Crippen LogP contribution is 2.33. The van der Waals surface area contributed by atoms with Crippen molar-refractivity contribution in [2.24, 2.45) is 5.92 Å². The van der Waals surface area contributed by atoms with E-state index in [1.165, 1.54) is 42.5 Å². The fraction of sp³-hybridized carbons (Fsp3) is 0.435. The first-order valence-electron chi connectivity index (χ1n) is 10.1. The van der Waals surface area contributed by atoms with E-state index in [2.05, 4.69) is 22.8 Å². The summed E-state index contributed by atoms with van der Waals surface area (Å²) >= 11 is 0. The molecule has 1 unspecified atom stereocenters. The van der Waals surface area contributed by atoms with Gasteiger partial charge in [-0.05, 0) is 55.8 Å². The highest BCUT2D eigenvalue weighted by molar-refractivity contribution is 5.83. The van der Waals surface area contributed by atoms with Crippen LogP contribution in [0.2, 0.25) is 0 Å². The van der Waals surface area contributed by atoms with Gasteiger partial charge in [0.2, 0.25) is 5.91 Å². The molecule has 1 amide bonds. The van der Waals surface area contributed by atoms with E-state index in [-0.39, 0.29) is 23.6 Å². The average Bonchev–Trinajstić information content (AvgIpc) is 2.97. The molecule has 2 aromatic rings. The molecule has 0 heterocycles. The molecule has 0 spiro atoms. The second-order valence-corrected chi connectivity index (χ2v) is 8.09. The highest BCUT2D eigenvalue weighted by atomic mass is 19.1. The number of benzene rings is 2. The van der Waals surface area contributed by atoms with Crippen LogP contribution in [-0.4, -0.2) is 18.5 Å². The van der Waals surface area contributed by atoms with Gasteiger partial charge in [-0.15, -0.1) is 0 Å². The van der Waals surface area contributed by atoms with Crippen molar-refractivity contribution in [3.05, 3.63) is 70.8 Å². The van der Waals surface area contributed by atoms with Crippen LogP contribution in [-0.2, 0) is 11.2 Å². The van der Waals surface area contributed by atoms with E-state index in [4.69, 9.17) is 0 Å². The largest absolute Gasteiger partial charge is 0.351 e. The van der Waals surface area contributed by atoms with Crippen LogP contribution in [0.4, 0.5) is 8.78 Å². The van der Waals surface area contributed by atoms with Crippen molar-refractivity contribution < 1.29 is 13.6 Å². The first-order valence-corrected chi connectivity index (χ1v) is 10.1. The number of carbonyl (C=O) groups excluding carboxylic acids is 1. The summed E-state index contributed by atoms with van der Waals surface area (Å²) in [5.74, 6) is -1.52. The van der Waals surface area contributed by atoms with Gasteiger partial charge in [0.05, 0.1) is 18.0 Å². The van der Waals surface area contributed by atoms with Crippen molar-refractivity contribution in [1.29, 1.82) is 0 Å². The number of rotatable bonds is 6. The Morgan fingerprint density at radius 1 is 1.18 bits per heavy atom. The molecule has 28 heavy (non-hydrogen) atoms. The number of hydrogen-bond donors (Lipinski definition) is 2. The van der Waals surface area contributed by atoms with Crippen molar-refractivity contribution in [2.75, 3.05) is 6.54 Å². The molecule has 5 heteroatoms. The monoisotopic (exact) mass is 384 g/mol. The zero-order valence-electron chi connectivity index (χ0n) is 16.1. The summed E-state index contributed by atoms with van der Waals surface area (Å²) in [5, 5.41) is 6.77. The molecular formula is C23H26F2N2O. The Kier molecular flexibility index (Phi) is 5.44. The summed E-state index contributed by atoms with van der Waals surface area (Å²) in [4.78, 5) is 12.8. The van der Waals surface area contributed by atoms with Gasteiger partial charge in [-0.1, -0.05) is 36.8 Å². The van der Waals surface area contributed by atoms with Crippen molar-refractivity contribution in [2.45, 2.75) is 50.6 Å². The van der Waals surface area contributed by atoms with E-state index in [0.717, 1.165) is 24.9 Å². The maximum absolute atomic E-state index is 14.1. The zero-order valence-corrected chi connectivity index (χ0v) is 16.1. The minimum Gasteiger partial charge on any atom is -0.351 e. The predicted octanol–water partition coefficient (Wildman–Crippen LogP) is 4.24. The summed E-state index contributed by atoms with van der Waals surface area (Å²) in [6, 6.07) is 11.6. The minimum atomic E-state index is -0.684. The van der Waals surface area contributed by atoms with Gasteiger partial charge in [0.15, 0.2) is 0 Å². The van der Waals surface area contributed by atoms with Crippen LogP contribution in [0.25, 0.3) is 0 Å². The van der Waals surface area contributed by atoms with Crippen molar-refractivity contribution in [3.8, 4) is 0 Å². The van der Waals surface area contributed by atoms with E-state index in [1.807, 2.05) is 12.1 Å². The lowest BCUT2D eigenvalue weighted by atomic mass is 9.85. The van der Waals surface area contributed by atoms with E-state index in [1.54, 1.807) is 6.92 Å². The highest BCUT2D eigenvalue weighted by Gasteiger charge is 2.35. The van der Waals surface area contributed by atoms with Crippen molar-refractivity contribution in [3.63, 3.8) is 0 Å². The number of fused-ring (bicyclic) bond motifs is 1.